The van der Waals surface area contributed by atoms with E-state index < -0.39 is 12.1 Å². The van der Waals surface area contributed by atoms with Gasteiger partial charge >= 0.3 is 5.97 Å². The lowest BCUT2D eigenvalue weighted by atomic mass is 9.90. The van der Waals surface area contributed by atoms with Crippen LogP contribution >= 0.6 is 0 Å². The molecule has 1 saturated heterocycles. The second-order valence-electron chi connectivity index (χ2n) is 6.74. The standard InChI is InChI=1S/C19H25N3O4/c1-21-11-8-20-19(21)18(25)14-6-9-22(10-7-14)12-15-4-2-3-5-16(15)26-13-17(23)24/h2-5,8,11,14,18,25H,6-7,9-10,12-13H2,1H3,(H,23,24). The zero-order chi connectivity index (χ0) is 18.5. The van der Waals surface area contributed by atoms with Crippen molar-refractivity contribution in [2.24, 2.45) is 13.0 Å². The van der Waals surface area contributed by atoms with E-state index in [4.69, 9.17) is 9.84 Å². The summed E-state index contributed by atoms with van der Waals surface area (Å²) in [4.78, 5) is 17.3. The minimum Gasteiger partial charge on any atom is -0.482 e. The second-order valence-corrected chi connectivity index (χ2v) is 6.74. The number of benzene rings is 1. The minimum atomic E-state index is -0.983. The van der Waals surface area contributed by atoms with Gasteiger partial charge in [-0.25, -0.2) is 9.78 Å². The Labute approximate surface area is 152 Å². The number of aromatic nitrogens is 2. The molecule has 1 aromatic carbocycles. The number of para-hydroxylation sites is 1. The van der Waals surface area contributed by atoms with Crippen molar-refractivity contribution in [3.63, 3.8) is 0 Å². The van der Waals surface area contributed by atoms with E-state index in [-0.39, 0.29) is 12.5 Å². The summed E-state index contributed by atoms with van der Waals surface area (Å²) in [6, 6.07) is 7.54. The monoisotopic (exact) mass is 359 g/mol. The normalized spacial score (nSPS) is 17.2. The molecule has 3 rings (SSSR count). The number of aliphatic hydroxyl groups excluding tert-OH is 1. The first kappa shape index (κ1) is 18.4. The first-order valence-electron chi connectivity index (χ1n) is 8.84. The molecule has 2 aromatic rings. The van der Waals surface area contributed by atoms with Crippen LogP contribution in [-0.2, 0) is 18.4 Å². The van der Waals surface area contributed by atoms with E-state index in [2.05, 4.69) is 9.88 Å². The van der Waals surface area contributed by atoms with Gasteiger partial charge in [0.1, 0.15) is 17.7 Å². The highest BCUT2D eigenvalue weighted by Crippen LogP contribution is 2.31. The molecule has 1 atom stereocenters. The van der Waals surface area contributed by atoms with Crippen LogP contribution < -0.4 is 4.74 Å². The van der Waals surface area contributed by atoms with E-state index in [0.717, 1.165) is 37.3 Å². The Kier molecular flexibility index (Phi) is 5.90. The molecule has 1 unspecified atom stereocenters. The number of imidazole rings is 1. The molecule has 0 saturated carbocycles. The van der Waals surface area contributed by atoms with Crippen molar-refractivity contribution in [3.05, 3.63) is 48.0 Å². The maximum atomic E-state index is 10.7. The number of hydrogen-bond donors (Lipinski definition) is 2. The molecule has 7 heteroatoms. The first-order valence-corrected chi connectivity index (χ1v) is 8.84. The van der Waals surface area contributed by atoms with Crippen LogP contribution in [-0.4, -0.2) is 50.3 Å². The van der Waals surface area contributed by atoms with E-state index in [9.17, 15) is 9.90 Å². The molecule has 1 aromatic heterocycles. The highest BCUT2D eigenvalue weighted by Gasteiger charge is 2.28. The zero-order valence-electron chi connectivity index (χ0n) is 14.9. The molecule has 0 aliphatic carbocycles. The van der Waals surface area contributed by atoms with E-state index >= 15 is 0 Å². The summed E-state index contributed by atoms with van der Waals surface area (Å²) in [5.41, 5.74) is 0.983. The highest BCUT2D eigenvalue weighted by molar-refractivity contribution is 5.68. The Balaban J connectivity index is 1.56. The maximum absolute atomic E-state index is 10.7. The predicted molar refractivity (Wildman–Crippen MR) is 95.7 cm³/mol. The predicted octanol–water partition coefficient (Wildman–Crippen LogP) is 1.83. The fourth-order valence-electron chi connectivity index (χ4n) is 3.46. The molecule has 26 heavy (non-hydrogen) atoms. The molecule has 1 aliphatic heterocycles. The Morgan fingerprint density at radius 2 is 2.08 bits per heavy atom. The van der Waals surface area contributed by atoms with Gasteiger partial charge in [0.15, 0.2) is 6.61 Å². The van der Waals surface area contributed by atoms with Crippen LogP contribution in [0.1, 0.15) is 30.3 Å². The third kappa shape index (κ3) is 4.42. The average Bonchev–Trinajstić information content (AvgIpc) is 3.07. The Morgan fingerprint density at radius 3 is 2.73 bits per heavy atom. The largest absolute Gasteiger partial charge is 0.482 e. The van der Waals surface area contributed by atoms with Crippen molar-refractivity contribution in [2.45, 2.75) is 25.5 Å². The van der Waals surface area contributed by atoms with Crippen LogP contribution in [0.25, 0.3) is 0 Å². The molecule has 0 amide bonds. The SMILES string of the molecule is Cn1ccnc1C(O)C1CCN(Cc2ccccc2OCC(=O)O)CC1. The number of carboxylic acid groups (broad SMARTS) is 1. The number of carboxylic acids is 1. The number of likely N-dealkylation sites (tertiary alicyclic amines) is 1. The lowest BCUT2D eigenvalue weighted by molar-refractivity contribution is -0.139. The average molecular weight is 359 g/mol. The van der Waals surface area contributed by atoms with Crippen molar-refractivity contribution in [2.75, 3.05) is 19.7 Å². The molecule has 0 bridgehead atoms. The quantitative estimate of drug-likeness (QED) is 0.784. The number of aryl methyl sites for hydroxylation is 1. The molecule has 2 heterocycles. The van der Waals surface area contributed by atoms with Gasteiger partial charge in [-0.15, -0.1) is 0 Å². The molecular weight excluding hydrogens is 334 g/mol. The fraction of sp³-hybridized carbons (Fsp3) is 0.474. The Morgan fingerprint density at radius 1 is 1.35 bits per heavy atom. The summed E-state index contributed by atoms with van der Waals surface area (Å²) in [6.45, 7) is 2.12. The van der Waals surface area contributed by atoms with Crippen molar-refractivity contribution >= 4 is 5.97 Å². The fourth-order valence-corrected chi connectivity index (χ4v) is 3.46. The highest BCUT2D eigenvalue weighted by atomic mass is 16.5. The molecule has 140 valence electrons. The molecule has 2 N–H and O–H groups in total. The lowest BCUT2D eigenvalue weighted by Gasteiger charge is -2.34. The number of hydrogen-bond acceptors (Lipinski definition) is 5. The summed E-state index contributed by atoms with van der Waals surface area (Å²) in [5, 5.41) is 19.4. The summed E-state index contributed by atoms with van der Waals surface area (Å²) < 4.78 is 7.25. The van der Waals surface area contributed by atoms with Crippen molar-refractivity contribution in [1.82, 2.24) is 14.5 Å². The molecule has 1 aliphatic rings. The molecule has 0 radical (unpaired) electrons. The summed E-state index contributed by atoms with van der Waals surface area (Å²) >= 11 is 0. The van der Waals surface area contributed by atoms with Crippen LogP contribution in [0.2, 0.25) is 0 Å². The van der Waals surface area contributed by atoms with E-state index in [1.54, 1.807) is 12.3 Å². The maximum Gasteiger partial charge on any atom is 0.341 e. The van der Waals surface area contributed by atoms with E-state index in [1.807, 2.05) is 36.0 Å². The van der Waals surface area contributed by atoms with Gasteiger partial charge in [-0.05, 0) is 37.9 Å². The molecular formula is C19H25N3O4. The summed E-state index contributed by atoms with van der Waals surface area (Å²) in [5.74, 6) is 0.552. The number of aliphatic hydroxyl groups is 1. The number of aliphatic carboxylic acids is 1. The van der Waals surface area contributed by atoms with Gasteiger partial charge in [-0.3, -0.25) is 4.90 Å². The van der Waals surface area contributed by atoms with E-state index in [1.165, 1.54) is 0 Å². The zero-order valence-corrected chi connectivity index (χ0v) is 14.9. The number of rotatable bonds is 7. The third-order valence-electron chi connectivity index (χ3n) is 4.92. The Hall–Kier alpha value is -2.38. The minimum absolute atomic E-state index is 0.200. The number of piperidine rings is 1. The van der Waals surface area contributed by atoms with Crippen molar-refractivity contribution < 1.29 is 19.7 Å². The molecule has 7 nitrogen and oxygen atoms in total. The molecule has 0 spiro atoms. The van der Waals surface area contributed by atoms with Crippen LogP contribution in [0.3, 0.4) is 0 Å². The smallest absolute Gasteiger partial charge is 0.341 e. The third-order valence-corrected chi connectivity index (χ3v) is 4.92. The van der Waals surface area contributed by atoms with Crippen LogP contribution in [0.15, 0.2) is 36.7 Å². The van der Waals surface area contributed by atoms with Crippen molar-refractivity contribution in [1.29, 1.82) is 0 Å². The topological polar surface area (TPSA) is 87.8 Å². The lowest BCUT2D eigenvalue weighted by Crippen LogP contribution is -2.35. The van der Waals surface area contributed by atoms with Gasteiger partial charge in [-0.2, -0.15) is 0 Å². The molecule has 1 fully saturated rings. The van der Waals surface area contributed by atoms with Gasteiger partial charge in [0.05, 0.1) is 0 Å². The van der Waals surface area contributed by atoms with Crippen LogP contribution in [0, 0.1) is 5.92 Å². The van der Waals surface area contributed by atoms with Gasteiger partial charge in [-0.1, -0.05) is 18.2 Å². The van der Waals surface area contributed by atoms with Crippen molar-refractivity contribution in [3.8, 4) is 5.75 Å². The van der Waals surface area contributed by atoms with Gasteiger partial charge < -0.3 is 19.5 Å². The number of carbonyl (C=O) groups is 1. The van der Waals surface area contributed by atoms with Crippen LogP contribution in [0.5, 0.6) is 5.75 Å². The van der Waals surface area contributed by atoms with E-state index in [0.29, 0.717) is 12.3 Å². The number of nitrogens with zero attached hydrogens (tertiary/aromatic N) is 3. The number of ether oxygens (including phenoxy) is 1. The first-order chi connectivity index (χ1) is 12.5. The summed E-state index contributed by atoms with van der Waals surface area (Å²) in [6.07, 6.45) is 4.81. The van der Waals surface area contributed by atoms with Crippen LogP contribution in [0.4, 0.5) is 0 Å². The Bertz CT molecular complexity index is 738. The van der Waals surface area contributed by atoms with Gasteiger partial charge in [0.2, 0.25) is 0 Å². The second kappa shape index (κ2) is 8.33. The van der Waals surface area contributed by atoms with Gasteiger partial charge in [0.25, 0.3) is 0 Å². The van der Waals surface area contributed by atoms with Gasteiger partial charge in [0, 0.05) is 31.5 Å². The summed E-state index contributed by atoms with van der Waals surface area (Å²) in [7, 11) is 1.90.